The molecular weight excluding hydrogens is 278 g/mol. The fourth-order valence-corrected chi connectivity index (χ4v) is 2.53. The normalized spacial score (nSPS) is 23.4. The third kappa shape index (κ3) is 3.00. The molecule has 6 heteroatoms. The maximum Gasteiger partial charge on any atom is 0.241 e. The van der Waals surface area contributed by atoms with Gasteiger partial charge in [-0.05, 0) is 37.6 Å². The predicted octanol–water partition coefficient (Wildman–Crippen LogP) is 2.35. The average Bonchev–Trinajstić information content (AvgIpc) is 2.98. The van der Waals surface area contributed by atoms with Crippen LogP contribution in [0.4, 0.5) is 0 Å². The minimum atomic E-state index is -0.612. The molecule has 1 aliphatic heterocycles. The first-order valence-corrected chi connectivity index (χ1v) is 6.93. The highest BCUT2D eigenvalue weighted by atomic mass is 35.5. The van der Waals surface area contributed by atoms with Crippen LogP contribution in [0.3, 0.4) is 0 Å². The van der Waals surface area contributed by atoms with E-state index in [0.717, 1.165) is 18.5 Å². The van der Waals surface area contributed by atoms with Crippen LogP contribution in [0.15, 0.2) is 28.8 Å². The molecule has 1 fully saturated rings. The molecule has 3 rings (SSSR count). The minimum Gasteiger partial charge on any atom is -0.389 e. The summed E-state index contributed by atoms with van der Waals surface area (Å²) in [7, 11) is 0. The Bertz CT molecular complexity index is 595. The number of benzene rings is 1. The molecule has 0 aliphatic carbocycles. The van der Waals surface area contributed by atoms with E-state index in [2.05, 4.69) is 15.0 Å². The SMILES string of the molecule is C[C@]1(O)CCN(Cc2nc(-c3ccc(Cl)cc3)no2)C1. The average molecular weight is 294 g/mol. The van der Waals surface area contributed by atoms with Crippen molar-refractivity contribution in [3.05, 3.63) is 35.2 Å². The molecule has 2 heterocycles. The predicted molar refractivity (Wildman–Crippen MR) is 75.3 cm³/mol. The molecule has 0 bridgehead atoms. The van der Waals surface area contributed by atoms with Gasteiger partial charge in [-0.25, -0.2) is 0 Å². The summed E-state index contributed by atoms with van der Waals surface area (Å²) in [5.41, 5.74) is 0.261. The van der Waals surface area contributed by atoms with E-state index >= 15 is 0 Å². The molecule has 0 saturated carbocycles. The van der Waals surface area contributed by atoms with Gasteiger partial charge in [-0.2, -0.15) is 4.98 Å². The molecule has 0 amide bonds. The molecule has 5 nitrogen and oxygen atoms in total. The van der Waals surface area contributed by atoms with Crippen molar-refractivity contribution < 1.29 is 9.63 Å². The zero-order valence-electron chi connectivity index (χ0n) is 11.2. The van der Waals surface area contributed by atoms with E-state index in [1.54, 1.807) is 12.1 Å². The van der Waals surface area contributed by atoms with Gasteiger partial charge >= 0.3 is 0 Å². The standard InChI is InChI=1S/C14H16ClN3O2/c1-14(19)6-7-18(9-14)8-12-16-13(17-20-12)10-2-4-11(15)5-3-10/h2-5,19H,6-9H2,1H3/t14-/m0/s1. The molecule has 1 N–H and O–H groups in total. The molecule has 0 radical (unpaired) electrons. The summed E-state index contributed by atoms with van der Waals surface area (Å²) in [6.45, 7) is 3.88. The Kier molecular flexibility index (Phi) is 3.50. The van der Waals surface area contributed by atoms with Gasteiger partial charge in [-0.3, -0.25) is 4.90 Å². The van der Waals surface area contributed by atoms with Crippen molar-refractivity contribution in [2.45, 2.75) is 25.5 Å². The molecule has 0 spiro atoms. The summed E-state index contributed by atoms with van der Waals surface area (Å²) in [4.78, 5) is 6.49. The number of hydrogen-bond donors (Lipinski definition) is 1. The highest BCUT2D eigenvalue weighted by Crippen LogP contribution is 2.23. The first kappa shape index (κ1) is 13.5. The van der Waals surface area contributed by atoms with Gasteiger partial charge in [0.15, 0.2) is 0 Å². The van der Waals surface area contributed by atoms with Gasteiger partial charge in [0.05, 0.1) is 12.1 Å². The van der Waals surface area contributed by atoms with Gasteiger partial charge < -0.3 is 9.63 Å². The van der Waals surface area contributed by atoms with E-state index in [1.807, 2.05) is 19.1 Å². The van der Waals surface area contributed by atoms with Crippen molar-refractivity contribution in [3.63, 3.8) is 0 Å². The molecule has 1 atom stereocenters. The molecule has 20 heavy (non-hydrogen) atoms. The lowest BCUT2D eigenvalue weighted by Gasteiger charge is -2.16. The molecule has 0 unspecified atom stereocenters. The second-order valence-electron chi connectivity index (χ2n) is 5.48. The Hall–Kier alpha value is -1.43. The largest absolute Gasteiger partial charge is 0.389 e. The Balaban J connectivity index is 1.70. The lowest BCUT2D eigenvalue weighted by Crippen LogP contribution is -2.29. The number of halogens is 1. The molecular formula is C14H16ClN3O2. The van der Waals surface area contributed by atoms with Gasteiger partial charge in [0.2, 0.25) is 11.7 Å². The van der Waals surface area contributed by atoms with Crippen LogP contribution in [0, 0.1) is 0 Å². The van der Waals surface area contributed by atoms with Crippen molar-refractivity contribution >= 4 is 11.6 Å². The van der Waals surface area contributed by atoms with Crippen LogP contribution < -0.4 is 0 Å². The number of hydrogen-bond acceptors (Lipinski definition) is 5. The van der Waals surface area contributed by atoms with Gasteiger partial charge in [0.1, 0.15) is 0 Å². The van der Waals surface area contributed by atoms with E-state index in [-0.39, 0.29) is 0 Å². The number of likely N-dealkylation sites (tertiary alicyclic amines) is 1. The van der Waals surface area contributed by atoms with Crippen LogP contribution in [0.25, 0.3) is 11.4 Å². The second kappa shape index (κ2) is 5.16. The van der Waals surface area contributed by atoms with Crippen molar-refractivity contribution in [3.8, 4) is 11.4 Å². The van der Waals surface area contributed by atoms with E-state index in [9.17, 15) is 5.11 Å². The summed E-state index contributed by atoms with van der Waals surface area (Å²) >= 11 is 5.85. The second-order valence-corrected chi connectivity index (χ2v) is 5.91. The van der Waals surface area contributed by atoms with E-state index in [4.69, 9.17) is 16.1 Å². The molecule has 1 saturated heterocycles. The first-order valence-electron chi connectivity index (χ1n) is 6.55. The van der Waals surface area contributed by atoms with Crippen LogP contribution in [0.1, 0.15) is 19.2 Å². The Labute approximate surface area is 122 Å². The monoisotopic (exact) mass is 293 g/mol. The summed E-state index contributed by atoms with van der Waals surface area (Å²) in [5.74, 6) is 1.12. The minimum absolute atomic E-state index is 0.558. The quantitative estimate of drug-likeness (QED) is 0.941. The zero-order chi connectivity index (χ0) is 14.2. The smallest absolute Gasteiger partial charge is 0.241 e. The highest BCUT2D eigenvalue weighted by molar-refractivity contribution is 6.30. The molecule has 1 aromatic heterocycles. The molecule has 1 aliphatic rings. The molecule has 106 valence electrons. The van der Waals surface area contributed by atoms with Crippen LogP contribution >= 0.6 is 11.6 Å². The summed E-state index contributed by atoms with van der Waals surface area (Å²) < 4.78 is 5.26. The highest BCUT2D eigenvalue weighted by Gasteiger charge is 2.32. The number of nitrogens with zero attached hydrogens (tertiary/aromatic N) is 3. The Morgan fingerprint density at radius 3 is 2.80 bits per heavy atom. The van der Waals surface area contributed by atoms with Crippen molar-refractivity contribution in [1.29, 1.82) is 0 Å². The molecule has 1 aromatic carbocycles. The molecule has 2 aromatic rings. The van der Waals surface area contributed by atoms with E-state index in [0.29, 0.717) is 29.8 Å². The first-order chi connectivity index (χ1) is 9.52. The van der Waals surface area contributed by atoms with E-state index < -0.39 is 5.60 Å². The maximum absolute atomic E-state index is 9.93. The number of aromatic nitrogens is 2. The van der Waals surface area contributed by atoms with Crippen molar-refractivity contribution in [1.82, 2.24) is 15.0 Å². The van der Waals surface area contributed by atoms with Crippen molar-refractivity contribution in [2.75, 3.05) is 13.1 Å². The zero-order valence-corrected chi connectivity index (χ0v) is 12.0. The summed E-state index contributed by atoms with van der Waals surface area (Å²) in [6.07, 6.45) is 0.769. The number of β-amino-alcohol motifs (C(OH)–C–C–N with tert-alkyl or cyclic N) is 1. The topological polar surface area (TPSA) is 62.4 Å². The van der Waals surface area contributed by atoms with Gasteiger partial charge in [-0.1, -0.05) is 16.8 Å². The summed E-state index contributed by atoms with van der Waals surface area (Å²) in [6, 6.07) is 7.31. The van der Waals surface area contributed by atoms with Gasteiger partial charge in [0, 0.05) is 23.7 Å². The third-order valence-electron chi connectivity index (χ3n) is 3.46. The fraction of sp³-hybridized carbons (Fsp3) is 0.429. The lowest BCUT2D eigenvalue weighted by molar-refractivity contribution is 0.0665. The van der Waals surface area contributed by atoms with Crippen LogP contribution in [0.2, 0.25) is 5.02 Å². The van der Waals surface area contributed by atoms with Crippen LogP contribution in [-0.2, 0) is 6.54 Å². The third-order valence-corrected chi connectivity index (χ3v) is 3.71. The fourth-order valence-electron chi connectivity index (χ4n) is 2.40. The Morgan fingerprint density at radius 2 is 2.15 bits per heavy atom. The van der Waals surface area contributed by atoms with Crippen molar-refractivity contribution in [2.24, 2.45) is 0 Å². The number of rotatable bonds is 3. The lowest BCUT2D eigenvalue weighted by atomic mass is 10.1. The van der Waals surface area contributed by atoms with Crippen LogP contribution in [0.5, 0.6) is 0 Å². The number of aliphatic hydroxyl groups is 1. The maximum atomic E-state index is 9.93. The van der Waals surface area contributed by atoms with Crippen LogP contribution in [-0.4, -0.2) is 38.8 Å². The Morgan fingerprint density at radius 1 is 1.40 bits per heavy atom. The van der Waals surface area contributed by atoms with E-state index in [1.165, 1.54) is 0 Å². The van der Waals surface area contributed by atoms with Gasteiger partial charge in [0.25, 0.3) is 0 Å². The van der Waals surface area contributed by atoms with Gasteiger partial charge in [-0.15, -0.1) is 0 Å². The summed E-state index contributed by atoms with van der Waals surface area (Å²) in [5, 5.41) is 14.6.